The van der Waals surface area contributed by atoms with E-state index in [0.717, 1.165) is 11.3 Å². The van der Waals surface area contributed by atoms with Gasteiger partial charge in [-0.25, -0.2) is 4.79 Å². The van der Waals surface area contributed by atoms with Gasteiger partial charge in [0.25, 0.3) is 0 Å². The van der Waals surface area contributed by atoms with Gasteiger partial charge in [0.15, 0.2) is 0 Å². The number of nitrogens with zero attached hydrogens (tertiary/aromatic N) is 4. The number of aryl methyl sites for hydroxylation is 1. The highest BCUT2D eigenvalue weighted by Gasteiger charge is 2.35. The summed E-state index contributed by atoms with van der Waals surface area (Å²) in [6.45, 7) is 4.06. The fourth-order valence-electron chi connectivity index (χ4n) is 2.85. The van der Waals surface area contributed by atoms with Crippen molar-refractivity contribution in [1.82, 2.24) is 24.9 Å². The number of aromatic nitrogens is 2. The first kappa shape index (κ1) is 18.6. The van der Waals surface area contributed by atoms with Gasteiger partial charge in [-0.1, -0.05) is 0 Å². The van der Waals surface area contributed by atoms with Crippen LogP contribution in [0.5, 0.6) is 0 Å². The molecule has 0 radical (unpaired) electrons. The van der Waals surface area contributed by atoms with E-state index in [0.29, 0.717) is 26.1 Å². The van der Waals surface area contributed by atoms with Crippen LogP contribution in [-0.4, -0.2) is 70.6 Å². The van der Waals surface area contributed by atoms with E-state index in [1.165, 1.54) is 4.90 Å². The van der Waals surface area contributed by atoms with Gasteiger partial charge in [-0.15, -0.1) is 0 Å². The van der Waals surface area contributed by atoms with E-state index < -0.39 is 12.7 Å². The van der Waals surface area contributed by atoms with Crippen LogP contribution in [-0.2, 0) is 13.5 Å². The van der Waals surface area contributed by atoms with Crippen LogP contribution in [0.4, 0.5) is 18.0 Å². The molecule has 1 aliphatic heterocycles. The first-order valence-corrected chi connectivity index (χ1v) is 7.98. The number of piperazine rings is 1. The van der Waals surface area contributed by atoms with Gasteiger partial charge >= 0.3 is 12.2 Å². The number of alkyl halides is 3. The molecule has 2 rings (SSSR count). The summed E-state index contributed by atoms with van der Waals surface area (Å²) in [5, 5.41) is 6.98. The molecule has 1 aromatic heterocycles. The molecule has 2 heterocycles. The maximum absolute atomic E-state index is 12.5. The predicted octanol–water partition coefficient (Wildman–Crippen LogP) is 1.55. The Labute approximate surface area is 139 Å². The van der Waals surface area contributed by atoms with Crippen LogP contribution in [0.15, 0.2) is 6.20 Å². The van der Waals surface area contributed by atoms with E-state index in [4.69, 9.17) is 0 Å². The molecular formula is C15H24F3N5O. The molecule has 1 saturated heterocycles. The van der Waals surface area contributed by atoms with Gasteiger partial charge in [0, 0.05) is 45.0 Å². The third kappa shape index (κ3) is 4.86. The van der Waals surface area contributed by atoms with Crippen molar-refractivity contribution >= 4 is 6.03 Å². The highest BCUT2D eigenvalue weighted by molar-refractivity contribution is 5.74. The summed E-state index contributed by atoms with van der Waals surface area (Å²) in [6, 6.07) is -0.540. The number of urea groups is 1. The zero-order chi connectivity index (χ0) is 17.9. The molecule has 0 bridgehead atoms. The van der Waals surface area contributed by atoms with E-state index in [1.807, 2.05) is 14.0 Å². The van der Waals surface area contributed by atoms with Crippen LogP contribution in [0.25, 0.3) is 0 Å². The lowest BCUT2D eigenvalue weighted by Crippen LogP contribution is -2.57. The summed E-state index contributed by atoms with van der Waals surface area (Å²) in [6.07, 6.45) is -1.76. The smallest absolute Gasteiger partial charge is 0.338 e. The van der Waals surface area contributed by atoms with Gasteiger partial charge in [-0.05, 0) is 25.8 Å². The number of carbonyl (C=O) groups excluding carboxylic acids is 1. The van der Waals surface area contributed by atoms with Crippen molar-refractivity contribution in [3.8, 4) is 0 Å². The van der Waals surface area contributed by atoms with Gasteiger partial charge in [-0.3, -0.25) is 9.58 Å². The Hall–Kier alpha value is -1.77. The molecular weight excluding hydrogens is 323 g/mol. The summed E-state index contributed by atoms with van der Waals surface area (Å²) < 4.78 is 39.2. The van der Waals surface area contributed by atoms with Crippen molar-refractivity contribution in [1.29, 1.82) is 0 Å². The SMILES string of the molecule is Cc1c(CCNC(=O)N2CCN(CC(F)(F)F)[C@H](C)C2)cnn1C. The third-order valence-corrected chi connectivity index (χ3v) is 4.44. The second-order valence-corrected chi connectivity index (χ2v) is 6.24. The lowest BCUT2D eigenvalue weighted by atomic mass is 10.2. The molecule has 0 aromatic carbocycles. The van der Waals surface area contributed by atoms with E-state index in [-0.39, 0.29) is 18.6 Å². The zero-order valence-corrected chi connectivity index (χ0v) is 14.2. The Morgan fingerprint density at radius 2 is 2.12 bits per heavy atom. The van der Waals surface area contributed by atoms with Crippen LogP contribution in [0, 0.1) is 6.92 Å². The van der Waals surface area contributed by atoms with Gasteiger partial charge in [0.1, 0.15) is 0 Å². The highest BCUT2D eigenvalue weighted by atomic mass is 19.4. The van der Waals surface area contributed by atoms with Crippen molar-refractivity contribution < 1.29 is 18.0 Å². The largest absolute Gasteiger partial charge is 0.401 e. The van der Waals surface area contributed by atoms with Crippen molar-refractivity contribution in [2.45, 2.75) is 32.5 Å². The van der Waals surface area contributed by atoms with Crippen molar-refractivity contribution in [3.05, 3.63) is 17.5 Å². The molecule has 1 atom stereocenters. The van der Waals surface area contributed by atoms with Crippen LogP contribution >= 0.6 is 0 Å². The van der Waals surface area contributed by atoms with Crippen molar-refractivity contribution in [2.24, 2.45) is 7.05 Å². The molecule has 1 fully saturated rings. The molecule has 9 heteroatoms. The number of rotatable bonds is 4. The maximum Gasteiger partial charge on any atom is 0.401 e. The van der Waals surface area contributed by atoms with E-state index >= 15 is 0 Å². The number of amides is 2. The number of nitrogens with one attached hydrogen (secondary N) is 1. The molecule has 1 aromatic rings. The van der Waals surface area contributed by atoms with E-state index in [1.54, 1.807) is 22.7 Å². The minimum Gasteiger partial charge on any atom is -0.338 e. The number of halogens is 3. The minimum absolute atomic E-state index is 0.227. The molecule has 2 amide bonds. The lowest BCUT2D eigenvalue weighted by molar-refractivity contribution is -0.153. The quantitative estimate of drug-likeness (QED) is 0.899. The fourth-order valence-corrected chi connectivity index (χ4v) is 2.85. The molecule has 1 aliphatic rings. The first-order chi connectivity index (χ1) is 11.2. The normalized spacial score (nSPS) is 19.6. The van der Waals surface area contributed by atoms with Gasteiger partial charge in [0.05, 0.1) is 12.7 Å². The van der Waals surface area contributed by atoms with Crippen LogP contribution < -0.4 is 5.32 Å². The average molecular weight is 347 g/mol. The Kier molecular flexibility index (Phi) is 5.74. The highest BCUT2D eigenvalue weighted by Crippen LogP contribution is 2.20. The number of hydrogen-bond donors (Lipinski definition) is 1. The van der Waals surface area contributed by atoms with Crippen LogP contribution in [0.1, 0.15) is 18.2 Å². The molecule has 0 saturated carbocycles. The molecule has 0 aliphatic carbocycles. The summed E-state index contributed by atoms with van der Waals surface area (Å²) in [5.41, 5.74) is 2.12. The lowest BCUT2D eigenvalue weighted by Gasteiger charge is -2.39. The molecule has 1 N–H and O–H groups in total. The van der Waals surface area contributed by atoms with Gasteiger partial charge in [-0.2, -0.15) is 18.3 Å². The standard InChI is InChI=1S/C15H24F3N5O/c1-11-9-22(6-7-23(11)10-15(16,17)18)14(24)19-5-4-13-8-20-21(3)12(13)2/h8,11H,4-7,9-10H2,1-3H3,(H,19,24)/t11-/m1/s1. The maximum atomic E-state index is 12.5. The Morgan fingerprint density at radius 1 is 1.42 bits per heavy atom. The molecule has 0 unspecified atom stereocenters. The second kappa shape index (κ2) is 7.42. The number of hydrogen-bond acceptors (Lipinski definition) is 3. The molecule has 136 valence electrons. The Bertz CT molecular complexity index is 572. The van der Waals surface area contributed by atoms with E-state index in [2.05, 4.69) is 10.4 Å². The van der Waals surface area contributed by atoms with Crippen LogP contribution in [0.3, 0.4) is 0 Å². The van der Waals surface area contributed by atoms with Gasteiger partial charge in [0.2, 0.25) is 0 Å². The summed E-state index contributed by atoms with van der Waals surface area (Å²) in [5.74, 6) is 0. The predicted molar refractivity (Wildman–Crippen MR) is 83.7 cm³/mol. The average Bonchev–Trinajstić information content (AvgIpc) is 2.80. The Balaban J connectivity index is 1.77. The van der Waals surface area contributed by atoms with Gasteiger partial charge < -0.3 is 10.2 Å². The molecule has 0 spiro atoms. The summed E-state index contributed by atoms with van der Waals surface area (Å²) >= 11 is 0. The number of carbonyl (C=O) groups is 1. The van der Waals surface area contributed by atoms with Crippen LogP contribution in [0.2, 0.25) is 0 Å². The summed E-state index contributed by atoms with van der Waals surface area (Å²) in [4.78, 5) is 15.1. The minimum atomic E-state index is -4.21. The van der Waals surface area contributed by atoms with Crippen molar-refractivity contribution in [3.63, 3.8) is 0 Å². The third-order valence-electron chi connectivity index (χ3n) is 4.44. The molecule has 6 nitrogen and oxygen atoms in total. The first-order valence-electron chi connectivity index (χ1n) is 7.98. The second-order valence-electron chi connectivity index (χ2n) is 6.24. The zero-order valence-electron chi connectivity index (χ0n) is 14.2. The topological polar surface area (TPSA) is 53.4 Å². The van der Waals surface area contributed by atoms with E-state index in [9.17, 15) is 18.0 Å². The van der Waals surface area contributed by atoms with Crippen molar-refractivity contribution in [2.75, 3.05) is 32.7 Å². The Morgan fingerprint density at radius 3 is 2.67 bits per heavy atom. The fraction of sp³-hybridized carbons (Fsp3) is 0.733. The summed E-state index contributed by atoms with van der Waals surface area (Å²) in [7, 11) is 1.86. The molecule has 24 heavy (non-hydrogen) atoms. The monoisotopic (exact) mass is 347 g/mol.